The summed E-state index contributed by atoms with van der Waals surface area (Å²) < 4.78 is 6.94. The van der Waals surface area contributed by atoms with Gasteiger partial charge in [-0.05, 0) is 51.2 Å². The molecule has 0 unspecified atom stereocenters. The number of nitrogens with one attached hydrogen (secondary N) is 1. The molecule has 0 atom stereocenters. The van der Waals surface area contributed by atoms with Gasteiger partial charge >= 0.3 is 0 Å². The molecular weight excluding hydrogens is 380 g/mol. The normalized spacial score (nSPS) is 15.8. The maximum atomic E-state index is 12.7. The summed E-state index contributed by atoms with van der Waals surface area (Å²) in [7, 11) is 2.11. The van der Waals surface area contributed by atoms with Crippen molar-refractivity contribution >= 4 is 21.8 Å². The second-order valence-electron chi connectivity index (χ2n) is 6.43. The minimum absolute atomic E-state index is 0.0581. The number of rotatable bonds is 5. The van der Waals surface area contributed by atoms with Crippen molar-refractivity contribution in [1.29, 1.82) is 0 Å². The van der Waals surface area contributed by atoms with E-state index in [2.05, 4.69) is 33.2 Å². The van der Waals surface area contributed by atoms with Crippen LogP contribution in [0, 0.1) is 0 Å². The number of piperidine rings is 1. The van der Waals surface area contributed by atoms with E-state index in [1.165, 1.54) is 0 Å². The number of hydrogen-bond donors (Lipinski definition) is 1. The highest BCUT2D eigenvalue weighted by molar-refractivity contribution is 9.10. The molecular formula is C20H23BrN2O2. The average molecular weight is 403 g/mol. The van der Waals surface area contributed by atoms with Crippen molar-refractivity contribution in [2.75, 3.05) is 20.1 Å². The molecule has 2 aromatic rings. The predicted octanol–water partition coefficient (Wildman–Crippen LogP) is 3.85. The van der Waals surface area contributed by atoms with E-state index in [9.17, 15) is 4.79 Å². The first-order valence-electron chi connectivity index (χ1n) is 8.58. The van der Waals surface area contributed by atoms with E-state index in [-0.39, 0.29) is 11.9 Å². The van der Waals surface area contributed by atoms with Gasteiger partial charge in [0.2, 0.25) is 0 Å². The number of hydrogen-bond acceptors (Lipinski definition) is 3. The van der Waals surface area contributed by atoms with Gasteiger partial charge < -0.3 is 15.0 Å². The fraction of sp³-hybridized carbons (Fsp3) is 0.350. The Morgan fingerprint density at radius 1 is 1.16 bits per heavy atom. The van der Waals surface area contributed by atoms with Gasteiger partial charge in [-0.3, -0.25) is 4.79 Å². The van der Waals surface area contributed by atoms with E-state index in [0.29, 0.717) is 17.9 Å². The molecule has 1 N–H and O–H groups in total. The molecule has 1 aliphatic heterocycles. The Labute approximate surface area is 157 Å². The van der Waals surface area contributed by atoms with Crippen LogP contribution >= 0.6 is 15.9 Å². The molecule has 132 valence electrons. The van der Waals surface area contributed by atoms with Gasteiger partial charge in [-0.25, -0.2) is 0 Å². The third kappa shape index (κ3) is 4.83. The molecule has 1 fully saturated rings. The SMILES string of the molecule is CN1CCC(NC(=O)c2ccccc2OCc2ccccc2Br)CC1. The lowest BCUT2D eigenvalue weighted by Gasteiger charge is -2.29. The Balaban J connectivity index is 1.66. The average Bonchev–Trinajstić information content (AvgIpc) is 2.63. The lowest BCUT2D eigenvalue weighted by atomic mass is 10.0. The third-order valence-electron chi connectivity index (χ3n) is 4.53. The third-order valence-corrected chi connectivity index (χ3v) is 5.30. The fourth-order valence-electron chi connectivity index (χ4n) is 2.97. The van der Waals surface area contributed by atoms with Crippen LogP contribution in [0.15, 0.2) is 53.0 Å². The first-order valence-corrected chi connectivity index (χ1v) is 9.37. The van der Waals surface area contributed by atoms with Crippen LogP contribution in [0.2, 0.25) is 0 Å². The van der Waals surface area contributed by atoms with Gasteiger partial charge in [0, 0.05) is 16.1 Å². The maximum Gasteiger partial charge on any atom is 0.255 e. The summed E-state index contributed by atoms with van der Waals surface area (Å²) in [5, 5.41) is 3.15. The number of amides is 1. The van der Waals surface area contributed by atoms with E-state index in [1.54, 1.807) is 0 Å². The van der Waals surface area contributed by atoms with Crippen LogP contribution < -0.4 is 10.1 Å². The zero-order valence-electron chi connectivity index (χ0n) is 14.4. The highest BCUT2D eigenvalue weighted by Crippen LogP contribution is 2.22. The maximum absolute atomic E-state index is 12.7. The van der Waals surface area contributed by atoms with E-state index in [0.717, 1.165) is 36.0 Å². The van der Waals surface area contributed by atoms with Crippen LogP contribution in [-0.4, -0.2) is 37.0 Å². The number of ether oxygens (including phenoxy) is 1. The molecule has 5 heteroatoms. The Bertz CT molecular complexity index is 727. The number of benzene rings is 2. The Morgan fingerprint density at radius 2 is 1.84 bits per heavy atom. The summed E-state index contributed by atoms with van der Waals surface area (Å²) >= 11 is 3.52. The Kier molecular flexibility index (Phi) is 6.10. The summed E-state index contributed by atoms with van der Waals surface area (Å²) in [5.41, 5.74) is 1.64. The van der Waals surface area contributed by atoms with Crippen molar-refractivity contribution in [3.05, 3.63) is 64.1 Å². The molecule has 2 aromatic carbocycles. The molecule has 1 amide bonds. The van der Waals surface area contributed by atoms with Gasteiger partial charge in [0.15, 0.2) is 0 Å². The number of likely N-dealkylation sites (tertiary alicyclic amines) is 1. The fourth-order valence-corrected chi connectivity index (χ4v) is 3.37. The van der Waals surface area contributed by atoms with Gasteiger partial charge in [0.05, 0.1) is 5.56 Å². The van der Waals surface area contributed by atoms with Crippen molar-refractivity contribution in [2.24, 2.45) is 0 Å². The number of halogens is 1. The molecule has 0 aliphatic carbocycles. The van der Waals surface area contributed by atoms with E-state index in [4.69, 9.17) is 4.74 Å². The van der Waals surface area contributed by atoms with Crippen molar-refractivity contribution in [3.8, 4) is 5.75 Å². The quantitative estimate of drug-likeness (QED) is 0.825. The predicted molar refractivity (Wildman–Crippen MR) is 103 cm³/mol. The minimum atomic E-state index is -0.0581. The van der Waals surface area contributed by atoms with Crippen LogP contribution in [0.25, 0.3) is 0 Å². The largest absolute Gasteiger partial charge is 0.488 e. The van der Waals surface area contributed by atoms with Crippen molar-refractivity contribution in [3.63, 3.8) is 0 Å². The molecule has 1 saturated heterocycles. The van der Waals surface area contributed by atoms with E-state index in [1.807, 2.05) is 48.5 Å². The molecule has 25 heavy (non-hydrogen) atoms. The Morgan fingerprint density at radius 3 is 2.60 bits per heavy atom. The highest BCUT2D eigenvalue weighted by atomic mass is 79.9. The second-order valence-corrected chi connectivity index (χ2v) is 7.28. The summed E-state index contributed by atoms with van der Waals surface area (Å²) in [5.74, 6) is 0.556. The van der Waals surface area contributed by atoms with Crippen molar-refractivity contribution in [2.45, 2.75) is 25.5 Å². The molecule has 4 nitrogen and oxygen atoms in total. The lowest BCUT2D eigenvalue weighted by molar-refractivity contribution is 0.0912. The van der Waals surface area contributed by atoms with E-state index >= 15 is 0 Å². The molecule has 1 aliphatic rings. The summed E-state index contributed by atoms with van der Waals surface area (Å²) in [6.45, 7) is 2.45. The lowest BCUT2D eigenvalue weighted by Crippen LogP contribution is -2.43. The molecule has 0 aromatic heterocycles. The number of carbonyl (C=O) groups excluding carboxylic acids is 1. The van der Waals surface area contributed by atoms with Crippen LogP contribution in [-0.2, 0) is 6.61 Å². The highest BCUT2D eigenvalue weighted by Gasteiger charge is 2.20. The molecule has 1 heterocycles. The summed E-state index contributed by atoms with van der Waals surface area (Å²) in [6, 6.07) is 15.6. The van der Waals surface area contributed by atoms with Crippen molar-refractivity contribution in [1.82, 2.24) is 10.2 Å². The van der Waals surface area contributed by atoms with Gasteiger partial charge in [0.1, 0.15) is 12.4 Å². The standard InChI is InChI=1S/C20H23BrN2O2/c1-23-12-10-16(11-13-23)22-20(24)17-7-3-5-9-19(17)25-14-15-6-2-4-8-18(15)21/h2-9,16H,10-14H2,1H3,(H,22,24). The topological polar surface area (TPSA) is 41.6 Å². The minimum Gasteiger partial charge on any atom is -0.488 e. The molecule has 3 rings (SSSR count). The second kappa shape index (κ2) is 8.50. The van der Waals surface area contributed by atoms with E-state index < -0.39 is 0 Å². The zero-order valence-corrected chi connectivity index (χ0v) is 16.0. The number of carbonyl (C=O) groups is 1. The first-order chi connectivity index (χ1) is 12.1. The number of para-hydroxylation sites is 1. The van der Waals surface area contributed by atoms with Crippen molar-refractivity contribution < 1.29 is 9.53 Å². The van der Waals surface area contributed by atoms with Gasteiger partial charge in [-0.2, -0.15) is 0 Å². The summed E-state index contributed by atoms with van der Waals surface area (Å²) in [4.78, 5) is 15.0. The van der Waals surface area contributed by atoms with Gasteiger partial charge in [-0.1, -0.05) is 46.3 Å². The van der Waals surface area contributed by atoms with Gasteiger partial charge in [0.25, 0.3) is 5.91 Å². The van der Waals surface area contributed by atoms with Crippen LogP contribution in [0.3, 0.4) is 0 Å². The first kappa shape index (κ1) is 18.0. The van der Waals surface area contributed by atoms with Crippen LogP contribution in [0.1, 0.15) is 28.8 Å². The Hall–Kier alpha value is -1.85. The summed E-state index contributed by atoms with van der Waals surface area (Å²) in [6.07, 6.45) is 1.98. The number of nitrogens with zero attached hydrogens (tertiary/aromatic N) is 1. The smallest absolute Gasteiger partial charge is 0.255 e. The molecule has 0 radical (unpaired) electrons. The zero-order chi connectivity index (χ0) is 17.6. The monoisotopic (exact) mass is 402 g/mol. The molecule has 0 saturated carbocycles. The van der Waals surface area contributed by atoms with Crippen LogP contribution in [0.4, 0.5) is 0 Å². The molecule has 0 spiro atoms. The van der Waals surface area contributed by atoms with Gasteiger partial charge in [-0.15, -0.1) is 0 Å². The van der Waals surface area contributed by atoms with Crippen LogP contribution in [0.5, 0.6) is 5.75 Å². The molecule has 0 bridgehead atoms.